The third kappa shape index (κ3) is 4.86. The van der Waals surface area contributed by atoms with E-state index in [4.69, 9.17) is 4.74 Å². The zero-order valence-corrected chi connectivity index (χ0v) is 12.3. The van der Waals surface area contributed by atoms with E-state index in [-0.39, 0.29) is 0 Å². The van der Waals surface area contributed by atoms with Gasteiger partial charge in [-0.3, -0.25) is 0 Å². The van der Waals surface area contributed by atoms with Crippen molar-refractivity contribution in [1.82, 2.24) is 0 Å². The molecule has 0 bridgehead atoms. The van der Waals surface area contributed by atoms with E-state index in [9.17, 15) is 0 Å². The van der Waals surface area contributed by atoms with E-state index >= 15 is 0 Å². The Morgan fingerprint density at radius 2 is 1.44 bits per heavy atom. The highest BCUT2D eigenvalue weighted by molar-refractivity contribution is 4.91. The molecule has 0 aromatic heterocycles. The molecule has 1 aliphatic heterocycles. The first kappa shape index (κ1) is 14.0. The fourth-order valence-electron chi connectivity index (χ4n) is 2.65. The number of hydrogen-bond donors (Lipinski definition) is 0. The minimum Gasteiger partial charge on any atom is -0.373 e. The van der Waals surface area contributed by atoms with Crippen LogP contribution in [-0.2, 0) is 4.74 Å². The molecule has 0 aromatic rings. The maximum absolute atomic E-state index is 5.46. The number of hydrogen-bond acceptors (Lipinski definition) is 1. The Morgan fingerprint density at radius 3 is 1.81 bits per heavy atom. The van der Waals surface area contributed by atoms with Gasteiger partial charge in [-0.05, 0) is 35.5 Å². The van der Waals surface area contributed by atoms with Crippen molar-refractivity contribution in [3.63, 3.8) is 0 Å². The van der Waals surface area contributed by atoms with E-state index < -0.39 is 0 Å². The summed E-state index contributed by atoms with van der Waals surface area (Å²) in [5, 5.41) is 0. The van der Waals surface area contributed by atoms with Crippen LogP contribution in [0.15, 0.2) is 0 Å². The fourth-order valence-corrected chi connectivity index (χ4v) is 2.65. The van der Waals surface area contributed by atoms with Crippen LogP contribution >= 0.6 is 0 Å². The van der Waals surface area contributed by atoms with Crippen molar-refractivity contribution in [1.29, 1.82) is 0 Å². The Balaban J connectivity index is 2.44. The van der Waals surface area contributed by atoms with Crippen molar-refractivity contribution in [2.24, 2.45) is 16.2 Å². The van der Waals surface area contributed by atoms with E-state index in [0.29, 0.717) is 22.3 Å². The molecule has 1 nitrogen and oxygen atoms in total. The van der Waals surface area contributed by atoms with Crippen LogP contribution in [0.3, 0.4) is 0 Å². The molecule has 96 valence electrons. The second-order valence-electron chi connectivity index (χ2n) is 8.21. The predicted molar refractivity (Wildman–Crippen MR) is 70.6 cm³/mol. The molecule has 0 radical (unpaired) electrons. The molecule has 1 unspecified atom stereocenters. The summed E-state index contributed by atoms with van der Waals surface area (Å²) < 4.78 is 5.46. The third-order valence-electron chi connectivity index (χ3n) is 3.69. The van der Waals surface area contributed by atoms with Crippen LogP contribution in [0.2, 0.25) is 0 Å². The summed E-state index contributed by atoms with van der Waals surface area (Å²) in [5.41, 5.74) is 1.24. The Hall–Kier alpha value is -0.0400. The van der Waals surface area contributed by atoms with Crippen LogP contribution in [0.1, 0.15) is 67.7 Å². The highest BCUT2D eigenvalue weighted by Gasteiger charge is 2.42. The van der Waals surface area contributed by atoms with E-state index in [0.717, 1.165) is 6.61 Å². The van der Waals surface area contributed by atoms with Crippen LogP contribution < -0.4 is 0 Å². The smallest absolute Gasteiger partial charge is 0.0860 e. The summed E-state index contributed by atoms with van der Waals surface area (Å²) in [6.45, 7) is 17.5. The van der Waals surface area contributed by atoms with Crippen LogP contribution in [0.4, 0.5) is 0 Å². The van der Waals surface area contributed by atoms with Gasteiger partial charge in [0.2, 0.25) is 0 Å². The second kappa shape index (κ2) is 4.33. The van der Waals surface area contributed by atoms with Crippen molar-refractivity contribution in [2.75, 3.05) is 6.61 Å². The Bertz CT molecular complexity index is 228. The molecule has 0 aliphatic carbocycles. The molecule has 1 rings (SSSR count). The minimum atomic E-state index is 0.349. The third-order valence-corrected chi connectivity index (χ3v) is 3.69. The van der Waals surface area contributed by atoms with Crippen molar-refractivity contribution < 1.29 is 4.74 Å². The van der Waals surface area contributed by atoms with Crippen molar-refractivity contribution in [3.05, 3.63) is 0 Å². The lowest BCUT2D eigenvalue weighted by Gasteiger charge is -2.36. The molecule has 0 N–H and O–H groups in total. The standard InChI is InChI=1S/C15H30O/c1-13(2,3)8-9-14(4,5)11-15(6,7)12-10-16-12/h12H,8-11H2,1-7H3. The van der Waals surface area contributed by atoms with Gasteiger partial charge in [0.15, 0.2) is 0 Å². The molecule has 0 saturated carbocycles. The fraction of sp³-hybridized carbons (Fsp3) is 1.00. The quantitative estimate of drug-likeness (QED) is 0.621. The maximum Gasteiger partial charge on any atom is 0.0860 e. The van der Waals surface area contributed by atoms with Gasteiger partial charge in [0.1, 0.15) is 0 Å². The van der Waals surface area contributed by atoms with Crippen molar-refractivity contribution >= 4 is 0 Å². The number of ether oxygens (including phenoxy) is 1. The van der Waals surface area contributed by atoms with Gasteiger partial charge < -0.3 is 4.74 Å². The number of epoxide rings is 1. The highest BCUT2D eigenvalue weighted by Crippen LogP contribution is 2.44. The average molecular weight is 226 g/mol. The number of rotatable bonds is 5. The normalized spacial score (nSPS) is 22.3. The molecule has 1 heteroatoms. The van der Waals surface area contributed by atoms with Gasteiger partial charge >= 0.3 is 0 Å². The summed E-state index contributed by atoms with van der Waals surface area (Å²) in [5.74, 6) is 0. The summed E-state index contributed by atoms with van der Waals surface area (Å²) in [4.78, 5) is 0. The summed E-state index contributed by atoms with van der Waals surface area (Å²) in [6, 6.07) is 0. The van der Waals surface area contributed by atoms with Crippen molar-refractivity contribution in [2.45, 2.75) is 73.8 Å². The Morgan fingerprint density at radius 1 is 0.938 bits per heavy atom. The molecule has 1 fully saturated rings. The van der Waals surface area contributed by atoms with E-state index in [2.05, 4.69) is 48.5 Å². The van der Waals surface area contributed by atoms with Crippen LogP contribution in [0.5, 0.6) is 0 Å². The molecule has 0 spiro atoms. The molecule has 1 atom stereocenters. The van der Waals surface area contributed by atoms with Gasteiger partial charge in [-0.1, -0.05) is 48.5 Å². The molecule has 16 heavy (non-hydrogen) atoms. The molecule has 1 saturated heterocycles. The van der Waals surface area contributed by atoms with Crippen molar-refractivity contribution in [3.8, 4) is 0 Å². The van der Waals surface area contributed by atoms with Gasteiger partial charge in [0, 0.05) is 0 Å². The lowest BCUT2D eigenvalue weighted by atomic mass is 9.69. The SMILES string of the molecule is CC(C)(C)CCC(C)(C)CC(C)(C)C1CO1. The maximum atomic E-state index is 5.46. The van der Waals surface area contributed by atoms with E-state index in [1.165, 1.54) is 19.3 Å². The summed E-state index contributed by atoms with van der Waals surface area (Å²) in [6.07, 6.45) is 4.40. The monoisotopic (exact) mass is 226 g/mol. The topological polar surface area (TPSA) is 12.5 Å². The molecule has 1 aliphatic rings. The zero-order valence-electron chi connectivity index (χ0n) is 12.3. The molecule has 0 amide bonds. The Labute approximate surface area is 102 Å². The Kier molecular flexibility index (Phi) is 3.79. The van der Waals surface area contributed by atoms with Gasteiger partial charge in [0.05, 0.1) is 12.7 Å². The molecule has 0 aromatic carbocycles. The van der Waals surface area contributed by atoms with Gasteiger partial charge in [-0.2, -0.15) is 0 Å². The first-order valence-electron chi connectivity index (χ1n) is 6.64. The van der Waals surface area contributed by atoms with E-state index in [1.807, 2.05) is 0 Å². The molecular weight excluding hydrogens is 196 g/mol. The van der Waals surface area contributed by atoms with Gasteiger partial charge in [-0.25, -0.2) is 0 Å². The highest BCUT2D eigenvalue weighted by atomic mass is 16.6. The predicted octanol–water partition coefficient (Wildman–Crippen LogP) is 4.65. The lowest BCUT2D eigenvalue weighted by molar-refractivity contribution is 0.129. The molecule has 1 heterocycles. The van der Waals surface area contributed by atoms with Crippen LogP contribution in [0, 0.1) is 16.2 Å². The molecular formula is C15H30O. The van der Waals surface area contributed by atoms with E-state index in [1.54, 1.807) is 0 Å². The summed E-state index contributed by atoms with van der Waals surface area (Å²) in [7, 11) is 0. The van der Waals surface area contributed by atoms with Crippen LogP contribution in [-0.4, -0.2) is 12.7 Å². The lowest BCUT2D eigenvalue weighted by Crippen LogP contribution is -2.28. The first-order chi connectivity index (χ1) is 7.02. The summed E-state index contributed by atoms with van der Waals surface area (Å²) >= 11 is 0. The largest absolute Gasteiger partial charge is 0.373 e. The zero-order chi connectivity index (χ0) is 12.6. The van der Waals surface area contributed by atoms with Gasteiger partial charge in [0.25, 0.3) is 0 Å². The average Bonchev–Trinajstić information content (AvgIpc) is 2.79. The van der Waals surface area contributed by atoms with Crippen LogP contribution in [0.25, 0.3) is 0 Å². The second-order valence-corrected chi connectivity index (χ2v) is 8.21. The first-order valence-corrected chi connectivity index (χ1v) is 6.64. The van der Waals surface area contributed by atoms with Gasteiger partial charge in [-0.15, -0.1) is 0 Å². The minimum absolute atomic E-state index is 0.349.